The molecule has 48 heavy (non-hydrogen) atoms. The molecule has 0 bridgehead atoms. The molecule has 0 saturated heterocycles. The Hall–Kier alpha value is -5.86. The summed E-state index contributed by atoms with van der Waals surface area (Å²) >= 11 is 0. The number of para-hydroxylation sites is 2. The van der Waals surface area contributed by atoms with E-state index in [-0.39, 0.29) is 12.1 Å². The number of rotatable bonds is 4. The summed E-state index contributed by atoms with van der Waals surface area (Å²) < 4.78 is 2.60. The highest BCUT2D eigenvalue weighted by molar-refractivity contribution is 6.17. The molecule has 7 aromatic carbocycles. The third kappa shape index (κ3) is 3.74. The lowest BCUT2D eigenvalue weighted by molar-refractivity contribution is 0.459. The highest BCUT2D eigenvalue weighted by Crippen LogP contribution is 2.59. The SMILES string of the molecule is c1ccc(C2Cc3ccccc3NC2n2c3ccccc3c3c4c(ccc32)C(c2ccccc2)(c2ccccc2)c2ccccc2-4)cc1. The van der Waals surface area contributed by atoms with Crippen molar-refractivity contribution in [2.24, 2.45) is 0 Å². The fraction of sp³-hybridized carbons (Fsp3) is 0.0870. The van der Waals surface area contributed by atoms with Crippen molar-refractivity contribution >= 4 is 27.5 Å². The number of aromatic nitrogens is 1. The van der Waals surface area contributed by atoms with Gasteiger partial charge in [0.1, 0.15) is 6.17 Å². The quantitative estimate of drug-likeness (QED) is 0.209. The van der Waals surface area contributed by atoms with Gasteiger partial charge in [0.05, 0.1) is 16.4 Å². The smallest absolute Gasteiger partial charge is 0.111 e. The van der Waals surface area contributed by atoms with E-state index in [0.717, 1.165) is 6.42 Å². The lowest BCUT2D eigenvalue weighted by Crippen LogP contribution is -2.31. The largest absolute Gasteiger partial charge is 0.364 e. The Morgan fingerprint density at radius 2 is 1.15 bits per heavy atom. The van der Waals surface area contributed by atoms with Crippen molar-refractivity contribution in [1.82, 2.24) is 4.57 Å². The van der Waals surface area contributed by atoms with Crippen LogP contribution in [0.2, 0.25) is 0 Å². The zero-order valence-electron chi connectivity index (χ0n) is 26.6. The molecule has 2 nitrogen and oxygen atoms in total. The zero-order valence-corrected chi connectivity index (χ0v) is 26.6. The monoisotopic (exact) mass is 614 g/mol. The van der Waals surface area contributed by atoms with Gasteiger partial charge >= 0.3 is 0 Å². The fourth-order valence-electron chi connectivity index (χ4n) is 9.01. The van der Waals surface area contributed by atoms with Crippen LogP contribution in [-0.4, -0.2) is 4.57 Å². The van der Waals surface area contributed by atoms with Crippen molar-refractivity contribution in [3.63, 3.8) is 0 Å². The number of hydrogen-bond acceptors (Lipinski definition) is 1. The molecule has 2 heterocycles. The van der Waals surface area contributed by atoms with Crippen molar-refractivity contribution in [2.75, 3.05) is 5.32 Å². The van der Waals surface area contributed by atoms with E-state index in [4.69, 9.17) is 0 Å². The number of hydrogen-bond donors (Lipinski definition) is 1. The van der Waals surface area contributed by atoms with Crippen LogP contribution in [0, 0.1) is 0 Å². The number of benzene rings is 7. The van der Waals surface area contributed by atoms with Crippen LogP contribution in [0.15, 0.2) is 176 Å². The topological polar surface area (TPSA) is 17.0 Å². The van der Waals surface area contributed by atoms with E-state index in [1.807, 2.05) is 0 Å². The Morgan fingerprint density at radius 1 is 0.521 bits per heavy atom. The highest BCUT2D eigenvalue weighted by atomic mass is 15.2. The number of anilines is 1. The molecule has 8 aromatic rings. The Labute approximate surface area is 280 Å². The lowest BCUT2D eigenvalue weighted by Gasteiger charge is -2.37. The first-order valence-electron chi connectivity index (χ1n) is 17.0. The minimum Gasteiger partial charge on any atom is -0.364 e. The van der Waals surface area contributed by atoms with E-state index < -0.39 is 5.41 Å². The van der Waals surface area contributed by atoms with Crippen molar-refractivity contribution < 1.29 is 0 Å². The van der Waals surface area contributed by atoms with Gasteiger partial charge in [0.15, 0.2) is 0 Å². The summed E-state index contributed by atoms with van der Waals surface area (Å²) in [6.07, 6.45) is 1.01. The molecule has 2 aliphatic rings. The van der Waals surface area contributed by atoms with Gasteiger partial charge in [0, 0.05) is 22.4 Å². The van der Waals surface area contributed by atoms with Gasteiger partial charge in [0.25, 0.3) is 0 Å². The second-order valence-corrected chi connectivity index (χ2v) is 13.3. The molecule has 0 saturated carbocycles. The van der Waals surface area contributed by atoms with Crippen LogP contribution in [0.5, 0.6) is 0 Å². The summed E-state index contributed by atoms with van der Waals surface area (Å²) in [5, 5.41) is 6.68. The van der Waals surface area contributed by atoms with E-state index in [2.05, 4.69) is 186 Å². The van der Waals surface area contributed by atoms with Gasteiger partial charge in [-0.2, -0.15) is 0 Å². The Kier molecular flexibility index (Phi) is 6.01. The number of fused-ring (bicyclic) bond motifs is 8. The van der Waals surface area contributed by atoms with Gasteiger partial charge < -0.3 is 9.88 Å². The maximum absolute atomic E-state index is 4.05. The molecular weight excluding hydrogens is 581 g/mol. The van der Waals surface area contributed by atoms with Gasteiger partial charge in [-0.1, -0.05) is 158 Å². The summed E-state index contributed by atoms with van der Waals surface area (Å²) in [5.74, 6) is 0.258. The van der Waals surface area contributed by atoms with Crippen molar-refractivity contribution in [2.45, 2.75) is 23.9 Å². The third-order valence-corrected chi connectivity index (χ3v) is 10.9. The van der Waals surface area contributed by atoms with Gasteiger partial charge in [-0.3, -0.25) is 0 Å². The maximum atomic E-state index is 4.05. The van der Waals surface area contributed by atoms with Crippen molar-refractivity contribution in [3.8, 4) is 11.1 Å². The molecule has 1 N–H and O–H groups in total. The Bertz CT molecular complexity index is 2420. The molecule has 1 aromatic heterocycles. The minimum absolute atomic E-state index is 0.0346. The molecule has 228 valence electrons. The Balaban J connectivity index is 1.31. The first-order chi connectivity index (χ1) is 23.8. The normalized spacial score (nSPS) is 17.4. The predicted octanol–water partition coefficient (Wildman–Crippen LogP) is 11.1. The molecule has 2 atom stereocenters. The zero-order chi connectivity index (χ0) is 31.7. The van der Waals surface area contributed by atoms with Crippen LogP contribution in [0.4, 0.5) is 5.69 Å². The molecule has 0 radical (unpaired) electrons. The van der Waals surface area contributed by atoms with Crippen LogP contribution in [-0.2, 0) is 11.8 Å². The highest BCUT2D eigenvalue weighted by Gasteiger charge is 2.47. The number of nitrogens with zero attached hydrogens (tertiary/aromatic N) is 1. The Morgan fingerprint density at radius 3 is 1.92 bits per heavy atom. The molecule has 2 unspecified atom stereocenters. The van der Waals surface area contributed by atoms with Crippen molar-refractivity contribution in [3.05, 3.63) is 209 Å². The van der Waals surface area contributed by atoms with Gasteiger partial charge in [-0.25, -0.2) is 0 Å². The standard InChI is InChI=1S/C46H34N2/c1-4-16-31(17-5-1)37-30-32-18-10-14-26-40(32)47-45(37)48-41-27-15-12-24-36(41)44-42(48)29-28-39-43(44)35-23-11-13-25-38(35)46(39,33-19-6-2-7-20-33)34-21-8-3-9-22-34/h1-29,37,45,47H,30H2. The van der Waals surface area contributed by atoms with Crippen LogP contribution in [0.3, 0.4) is 0 Å². The molecule has 0 amide bonds. The van der Waals surface area contributed by atoms with Gasteiger partial charge in [0.2, 0.25) is 0 Å². The van der Waals surface area contributed by atoms with E-state index in [1.54, 1.807) is 0 Å². The van der Waals surface area contributed by atoms with Gasteiger partial charge in [-0.05, 0) is 69.1 Å². The average Bonchev–Trinajstić information content (AvgIpc) is 3.66. The maximum Gasteiger partial charge on any atom is 0.111 e. The number of nitrogens with one attached hydrogen (secondary N) is 1. The van der Waals surface area contributed by atoms with E-state index >= 15 is 0 Å². The molecule has 10 rings (SSSR count). The molecule has 1 aliphatic heterocycles. The van der Waals surface area contributed by atoms with Crippen LogP contribution < -0.4 is 5.32 Å². The summed E-state index contributed by atoms with van der Waals surface area (Å²) in [5.41, 5.74) is 14.0. The first kappa shape index (κ1) is 27.3. The minimum atomic E-state index is -0.430. The summed E-state index contributed by atoms with van der Waals surface area (Å²) in [6.45, 7) is 0. The van der Waals surface area contributed by atoms with Crippen LogP contribution >= 0.6 is 0 Å². The predicted molar refractivity (Wildman–Crippen MR) is 199 cm³/mol. The molecule has 0 spiro atoms. The third-order valence-electron chi connectivity index (χ3n) is 10.9. The molecule has 2 heteroatoms. The molecule has 1 aliphatic carbocycles. The van der Waals surface area contributed by atoms with E-state index in [9.17, 15) is 0 Å². The van der Waals surface area contributed by atoms with Crippen LogP contribution in [0.25, 0.3) is 32.9 Å². The molecule has 0 fully saturated rings. The summed E-state index contributed by atoms with van der Waals surface area (Å²) in [7, 11) is 0. The van der Waals surface area contributed by atoms with E-state index in [0.29, 0.717) is 0 Å². The average molecular weight is 615 g/mol. The van der Waals surface area contributed by atoms with Crippen LogP contribution in [0.1, 0.15) is 45.5 Å². The van der Waals surface area contributed by atoms with Crippen molar-refractivity contribution in [1.29, 1.82) is 0 Å². The summed E-state index contributed by atoms with van der Waals surface area (Å²) in [6, 6.07) is 65.1. The molecular formula is C46H34N2. The first-order valence-corrected chi connectivity index (χ1v) is 17.0. The fourth-order valence-corrected chi connectivity index (χ4v) is 9.01. The van der Waals surface area contributed by atoms with E-state index in [1.165, 1.54) is 72.0 Å². The lowest BCUT2D eigenvalue weighted by atomic mass is 9.67. The second-order valence-electron chi connectivity index (χ2n) is 13.3. The van der Waals surface area contributed by atoms with Gasteiger partial charge in [-0.15, -0.1) is 0 Å². The summed E-state index contributed by atoms with van der Waals surface area (Å²) in [4.78, 5) is 0. The second kappa shape index (κ2) is 10.6.